The van der Waals surface area contributed by atoms with Crippen LogP contribution < -0.4 is 10.0 Å². The van der Waals surface area contributed by atoms with Crippen LogP contribution in [0.5, 0.6) is 0 Å². The van der Waals surface area contributed by atoms with Crippen molar-refractivity contribution in [2.75, 3.05) is 25.0 Å². The third kappa shape index (κ3) is 6.97. The number of hydrogen-bond donors (Lipinski definition) is 2. The maximum Gasteiger partial charge on any atom is 0.248 e. The number of nitrogens with zero attached hydrogens (tertiary/aromatic N) is 4. The molecule has 0 aromatic carbocycles. The Morgan fingerprint density at radius 1 is 1.12 bits per heavy atom. The average Bonchev–Trinajstić information content (AvgIpc) is 3.59. The fraction of sp³-hybridized carbons (Fsp3) is 0.393. The van der Waals surface area contributed by atoms with Crippen molar-refractivity contribution in [1.29, 1.82) is 0 Å². The van der Waals surface area contributed by atoms with Gasteiger partial charge in [0.1, 0.15) is 17.9 Å². The smallest absolute Gasteiger partial charge is 0.248 e. The highest BCUT2D eigenvalue weighted by Crippen LogP contribution is 2.24. The van der Waals surface area contributed by atoms with Gasteiger partial charge in [-0.3, -0.25) is 14.4 Å². The Hall–Kier alpha value is -3.39. The molecule has 14 heteroatoms. The summed E-state index contributed by atoms with van der Waals surface area (Å²) in [6, 6.07) is 7.22. The van der Waals surface area contributed by atoms with Gasteiger partial charge in [-0.2, -0.15) is 4.72 Å². The van der Waals surface area contributed by atoms with E-state index in [1.807, 2.05) is 26.0 Å². The minimum atomic E-state index is -3.91. The molecule has 2 aliphatic heterocycles. The first-order chi connectivity index (χ1) is 20.0. The van der Waals surface area contributed by atoms with Crippen molar-refractivity contribution in [3.8, 4) is 0 Å². The van der Waals surface area contributed by atoms with Gasteiger partial charge in [0.15, 0.2) is 5.65 Å². The zero-order valence-corrected chi connectivity index (χ0v) is 25.6. The molecule has 2 fully saturated rings. The second kappa shape index (κ2) is 12.5. The number of likely N-dealkylation sites (tertiary alicyclic amines) is 2. The van der Waals surface area contributed by atoms with Crippen LogP contribution in [-0.2, 0) is 24.4 Å². The van der Waals surface area contributed by atoms with Crippen LogP contribution in [0.25, 0.3) is 17.1 Å². The van der Waals surface area contributed by atoms with Gasteiger partial charge in [0, 0.05) is 34.5 Å². The summed E-state index contributed by atoms with van der Waals surface area (Å²) in [5.41, 5.74) is 2.40. The molecule has 0 radical (unpaired) electrons. The number of aromatic nitrogens is 2. The lowest BCUT2D eigenvalue weighted by molar-refractivity contribution is -0.144. The number of sulfonamides is 1. The second-order valence-corrected chi connectivity index (χ2v) is 13.8. The van der Waals surface area contributed by atoms with Crippen LogP contribution in [0, 0.1) is 13.8 Å². The van der Waals surface area contributed by atoms with E-state index >= 15 is 0 Å². The lowest BCUT2D eigenvalue weighted by Gasteiger charge is -2.33. The van der Waals surface area contributed by atoms with Crippen molar-refractivity contribution < 1.29 is 22.8 Å². The van der Waals surface area contributed by atoms with Crippen molar-refractivity contribution in [2.45, 2.75) is 51.6 Å². The maximum absolute atomic E-state index is 13.3. The fourth-order valence-corrected chi connectivity index (χ4v) is 7.39. The van der Waals surface area contributed by atoms with Gasteiger partial charge in [-0.25, -0.2) is 18.4 Å². The molecule has 2 aliphatic rings. The van der Waals surface area contributed by atoms with Crippen molar-refractivity contribution in [1.82, 2.24) is 24.5 Å². The molecule has 0 saturated carbocycles. The molecule has 42 heavy (non-hydrogen) atoms. The second-order valence-electron chi connectivity index (χ2n) is 10.4. The van der Waals surface area contributed by atoms with E-state index in [1.54, 1.807) is 18.2 Å². The number of thiophene rings is 1. The van der Waals surface area contributed by atoms with E-state index in [2.05, 4.69) is 20.0 Å². The number of rotatable bonds is 8. The first-order valence-electron chi connectivity index (χ1n) is 13.6. The Morgan fingerprint density at radius 3 is 2.67 bits per heavy atom. The van der Waals surface area contributed by atoms with Crippen LogP contribution in [0.3, 0.4) is 0 Å². The Bertz CT molecular complexity index is 1670. The van der Waals surface area contributed by atoms with Gasteiger partial charge < -0.3 is 15.1 Å². The number of amides is 3. The van der Waals surface area contributed by atoms with Gasteiger partial charge in [-0.05, 0) is 81.5 Å². The number of nitrogens with one attached hydrogen (secondary N) is 2. The van der Waals surface area contributed by atoms with Crippen molar-refractivity contribution in [2.24, 2.45) is 0 Å². The molecular weight excluding hydrogens is 600 g/mol. The maximum atomic E-state index is 13.3. The lowest BCUT2D eigenvalue weighted by atomic mass is 10.1. The highest BCUT2D eigenvalue weighted by Gasteiger charge is 2.37. The highest BCUT2D eigenvalue weighted by atomic mass is 35.5. The summed E-state index contributed by atoms with van der Waals surface area (Å²) in [7, 11) is -3.91. The number of hydrogen-bond acceptors (Lipinski definition) is 8. The molecule has 0 bridgehead atoms. The third-order valence-corrected chi connectivity index (χ3v) is 9.61. The van der Waals surface area contributed by atoms with Crippen LogP contribution in [0.1, 0.15) is 41.8 Å². The van der Waals surface area contributed by atoms with E-state index in [0.29, 0.717) is 59.5 Å². The van der Waals surface area contributed by atoms with Gasteiger partial charge in [0.2, 0.25) is 27.7 Å². The normalized spacial score (nSPS) is 19.6. The van der Waals surface area contributed by atoms with Gasteiger partial charge in [-0.15, -0.1) is 11.3 Å². The van der Waals surface area contributed by atoms with Crippen molar-refractivity contribution in [3.05, 3.63) is 56.2 Å². The largest absolute Gasteiger partial charge is 0.332 e. The third-order valence-electron chi connectivity index (χ3n) is 7.30. The number of carbonyl (C=O) groups is 3. The Labute approximate surface area is 253 Å². The average molecular weight is 631 g/mol. The molecule has 5 heterocycles. The zero-order chi connectivity index (χ0) is 30.0. The molecule has 11 nitrogen and oxygen atoms in total. The molecule has 0 unspecified atom stereocenters. The predicted molar refractivity (Wildman–Crippen MR) is 162 cm³/mol. The number of piperidine rings is 1. The minimum Gasteiger partial charge on any atom is -0.332 e. The molecule has 3 amide bonds. The van der Waals surface area contributed by atoms with Crippen molar-refractivity contribution in [3.63, 3.8) is 0 Å². The number of aryl methyl sites for hydroxylation is 2. The summed E-state index contributed by atoms with van der Waals surface area (Å²) < 4.78 is 28.2. The summed E-state index contributed by atoms with van der Waals surface area (Å²) in [6.07, 6.45) is 3.40. The Kier molecular flexibility index (Phi) is 8.92. The van der Waals surface area contributed by atoms with E-state index in [-0.39, 0.29) is 18.4 Å². The molecular formula is C28H31ClN6O5S2. The summed E-state index contributed by atoms with van der Waals surface area (Å²) in [5, 5.41) is 4.71. The standard InChI is InChI=1S/C28H31ClN6O5S2/c1-17-15-18(2)30-26-20(17)8-10-24(31-26)32-27(37)22-6-4-13-35(22)25(36)16-34-12-3-5-21(28(34)38)33-42(39,40)14-11-19-7-9-23(29)41-19/h7-11,14-15,21-22,33H,3-6,12-13,16H2,1-2H3,(H,30,31,32,37)/t21-,22-/m0/s1. The van der Waals surface area contributed by atoms with Crippen LogP contribution in [0.2, 0.25) is 4.34 Å². The summed E-state index contributed by atoms with van der Waals surface area (Å²) in [5.74, 6) is -0.837. The Morgan fingerprint density at radius 2 is 1.90 bits per heavy atom. The van der Waals surface area contributed by atoms with Gasteiger partial charge in [-0.1, -0.05) is 11.6 Å². The van der Waals surface area contributed by atoms with Crippen LogP contribution in [-0.4, -0.2) is 77.6 Å². The van der Waals surface area contributed by atoms with Gasteiger partial charge in [0.05, 0.1) is 10.9 Å². The van der Waals surface area contributed by atoms with Crippen LogP contribution in [0.4, 0.5) is 5.82 Å². The number of fused-ring (bicyclic) bond motifs is 1. The van der Waals surface area contributed by atoms with Gasteiger partial charge >= 0.3 is 0 Å². The molecule has 2 N–H and O–H groups in total. The molecule has 2 saturated heterocycles. The van der Waals surface area contributed by atoms with E-state index in [9.17, 15) is 22.8 Å². The summed E-state index contributed by atoms with van der Waals surface area (Å²) in [4.78, 5) is 52.1. The molecule has 3 aromatic rings. The number of carbonyl (C=O) groups excluding carboxylic acids is 3. The quantitative estimate of drug-likeness (QED) is 0.388. The first kappa shape index (κ1) is 30.1. The SMILES string of the molecule is Cc1cc(C)c2ccc(NC(=O)[C@@H]3CCCN3C(=O)CN3CCC[C@H](NS(=O)(=O)C=Cc4ccc(Cl)s4)C3=O)nc2n1. The monoisotopic (exact) mass is 630 g/mol. The van der Waals surface area contributed by atoms with Crippen LogP contribution in [0.15, 0.2) is 35.7 Å². The number of anilines is 1. The van der Waals surface area contributed by atoms with Crippen molar-refractivity contribution >= 4 is 73.6 Å². The molecule has 0 spiro atoms. The van der Waals surface area contributed by atoms with E-state index in [4.69, 9.17) is 11.6 Å². The highest BCUT2D eigenvalue weighted by molar-refractivity contribution is 7.92. The lowest BCUT2D eigenvalue weighted by Crippen LogP contribution is -2.55. The van der Waals surface area contributed by atoms with E-state index in [1.165, 1.54) is 27.2 Å². The Balaban J connectivity index is 1.20. The molecule has 0 aliphatic carbocycles. The molecule has 2 atom stereocenters. The predicted octanol–water partition coefficient (Wildman–Crippen LogP) is 3.47. The molecule has 3 aromatic heterocycles. The summed E-state index contributed by atoms with van der Waals surface area (Å²) in [6.45, 7) is 4.33. The minimum absolute atomic E-state index is 0.235. The topological polar surface area (TPSA) is 142 Å². The molecule has 5 rings (SSSR count). The van der Waals surface area contributed by atoms with E-state index in [0.717, 1.165) is 22.1 Å². The molecule has 222 valence electrons. The van der Waals surface area contributed by atoms with Crippen LogP contribution >= 0.6 is 22.9 Å². The first-order valence-corrected chi connectivity index (χ1v) is 16.3. The van der Waals surface area contributed by atoms with Gasteiger partial charge in [0.25, 0.3) is 0 Å². The fourth-order valence-electron chi connectivity index (χ4n) is 5.32. The number of halogens is 1. The summed E-state index contributed by atoms with van der Waals surface area (Å²) >= 11 is 7.12. The van der Waals surface area contributed by atoms with E-state index < -0.39 is 28.0 Å². The zero-order valence-electron chi connectivity index (χ0n) is 23.2. The number of pyridine rings is 2.